The van der Waals surface area contributed by atoms with E-state index in [2.05, 4.69) is 4.98 Å². The Balaban J connectivity index is 2.41. The molecule has 0 amide bonds. The molecule has 0 spiro atoms. The van der Waals surface area contributed by atoms with E-state index in [1.807, 2.05) is 0 Å². The topological polar surface area (TPSA) is 101 Å². The van der Waals surface area contributed by atoms with Crippen LogP contribution < -0.4 is 11.4 Å². The average Bonchev–Trinajstić information content (AvgIpc) is 2.74. The van der Waals surface area contributed by atoms with Gasteiger partial charge in [-0.05, 0) is 30.3 Å². The molecule has 0 fully saturated rings. The maximum absolute atomic E-state index is 12.1. The number of aromatic carboxylic acids is 1. The Hall–Kier alpha value is -3.02. The molecule has 100 valence electrons. The van der Waals surface area contributed by atoms with E-state index >= 15 is 0 Å². The number of rotatable bonds is 2. The van der Waals surface area contributed by atoms with Gasteiger partial charge in [0, 0.05) is 5.69 Å². The van der Waals surface area contributed by atoms with Crippen LogP contribution in [0.4, 0.5) is 5.69 Å². The zero-order chi connectivity index (χ0) is 14.3. The smallest absolute Gasteiger partial charge is 0.337 e. The Kier molecular flexibility index (Phi) is 2.57. The molecular formula is C14H11N3O3. The van der Waals surface area contributed by atoms with Crippen LogP contribution in [0.1, 0.15) is 10.4 Å². The van der Waals surface area contributed by atoms with Gasteiger partial charge in [-0.15, -0.1) is 0 Å². The number of fused-ring (bicyclic) bond motifs is 1. The fourth-order valence-corrected chi connectivity index (χ4v) is 2.21. The second kappa shape index (κ2) is 4.27. The Bertz CT molecular complexity index is 877. The maximum Gasteiger partial charge on any atom is 0.337 e. The highest BCUT2D eigenvalue weighted by molar-refractivity contribution is 5.93. The van der Waals surface area contributed by atoms with Crippen LogP contribution in [-0.2, 0) is 0 Å². The summed E-state index contributed by atoms with van der Waals surface area (Å²) in [6, 6.07) is 11.3. The van der Waals surface area contributed by atoms with Crippen LogP contribution in [0.5, 0.6) is 0 Å². The molecule has 3 aromatic rings. The predicted octanol–water partition coefficient (Wildman–Crippen LogP) is 1.60. The molecule has 6 nitrogen and oxygen atoms in total. The molecule has 1 aromatic heterocycles. The molecule has 0 radical (unpaired) electrons. The predicted molar refractivity (Wildman–Crippen MR) is 75.3 cm³/mol. The van der Waals surface area contributed by atoms with Gasteiger partial charge in [-0.3, -0.25) is 4.57 Å². The summed E-state index contributed by atoms with van der Waals surface area (Å²) < 4.78 is 1.31. The van der Waals surface area contributed by atoms with Crippen LogP contribution in [0.25, 0.3) is 16.7 Å². The van der Waals surface area contributed by atoms with Gasteiger partial charge in [0.15, 0.2) is 0 Å². The van der Waals surface area contributed by atoms with Crippen molar-refractivity contribution in [2.24, 2.45) is 0 Å². The van der Waals surface area contributed by atoms with E-state index in [4.69, 9.17) is 5.73 Å². The van der Waals surface area contributed by atoms with Crippen molar-refractivity contribution in [3.05, 3.63) is 58.5 Å². The largest absolute Gasteiger partial charge is 0.478 e. The normalized spacial score (nSPS) is 10.8. The summed E-state index contributed by atoms with van der Waals surface area (Å²) in [6.45, 7) is 0. The van der Waals surface area contributed by atoms with Crippen molar-refractivity contribution in [1.82, 2.24) is 9.55 Å². The summed E-state index contributed by atoms with van der Waals surface area (Å²) in [4.78, 5) is 26.1. The van der Waals surface area contributed by atoms with E-state index in [0.29, 0.717) is 22.4 Å². The van der Waals surface area contributed by atoms with Crippen molar-refractivity contribution < 1.29 is 9.90 Å². The van der Waals surface area contributed by atoms with Crippen molar-refractivity contribution >= 4 is 22.7 Å². The van der Waals surface area contributed by atoms with Crippen LogP contribution >= 0.6 is 0 Å². The third-order valence-electron chi connectivity index (χ3n) is 3.08. The first-order valence-corrected chi connectivity index (χ1v) is 5.91. The standard InChI is InChI=1S/C14H11N3O3/c15-8-5-6-10-12(7-8)17(14(20)16-10)11-4-2-1-3-9(11)13(18)19/h1-7H,15H2,(H,16,20)(H,18,19). The van der Waals surface area contributed by atoms with Crippen LogP contribution in [0.15, 0.2) is 47.3 Å². The van der Waals surface area contributed by atoms with E-state index in [1.54, 1.807) is 36.4 Å². The fraction of sp³-hybridized carbons (Fsp3) is 0. The number of hydrogen-bond donors (Lipinski definition) is 3. The van der Waals surface area contributed by atoms with E-state index in [9.17, 15) is 14.7 Å². The van der Waals surface area contributed by atoms with Gasteiger partial charge in [0.1, 0.15) is 0 Å². The number of benzene rings is 2. The number of nitrogens with zero attached hydrogens (tertiary/aromatic N) is 1. The number of carboxylic acid groups (broad SMARTS) is 1. The molecule has 2 aromatic carbocycles. The van der Waals surface area contributed by atoms with Crippen molar-refractivity contribution in [3.63, 3.8) is 0 Å². The molecule has 0 saturated carbocycles. The number of para-hydroxylation sites is 1. The lowest BCUT2D eigenvalue weighted by molar-refractivity contribution is 0.0697. The highest BCUT2D eigenvalue weighted by Crippen LogP contribution is 2.20. The van der Waals surface area contributed by atoms with E-state index in [-0.39, 0.29) is 5.56 Å². The summed E-state index contributed by atoms with van der Waals surface area (Å²) in [7, 11) is 0. The minimum absolute atomic E-state index is 0.0536. The number of aromatic amines is 1. The quantitative estimate of drug-likeness (QED) is 0.615. The molecule has 4 N–H and O–H groups in total. The highest BCUT2D eigenvalue weighted by atomic mass is 16.4. The molecule has 20 heavy (non-hydrogen) atoms. The number of carboxylic acids is 1. The number of aromatic nitrogens is 2. The lowest BCUT2D eigenvalue weighted by Crippen LogP contribution is -2.17. The van der Waals surface area contributed by atoms with Crippen LogP contribution in [0.3, 0.4) is 0 Å². The fourth-order valence-electron chi connectivity index (χ4n) is 2.21. The number of H-pyrrole nitrogens is 1. The monoisotopic (exact) mass is 269 g/mol. The summed E-state index contributed by atoms with van der Waals surface area (Å²) in [5, 5.41) is 9.23. The van der Waals surface area contributed by atoms with Gasteiger partial charge in [-0.25, -0.2) is 9.59 Å². The number of hydrogen-bond acceptors (Lipinski definition) is 3. The molecule has 3 rings (SSSR count). The van der Waals surface area contributed by atoms with Crippen LogP contribution in [0, 0.1) is 0 Å². The Morgan fingerprint density at radius 2 is 1.95 bits per heavy atom. The van der Waals surface area contributed by atoms with Gasteiger partial charge >= 0.3 is 11.7 Å². The molecular weight excluding hydrogens is 258 g/mol. The number of nitrogen functional groups attached to an aromatic ring is 1. The Morgan fingerprint density at radius 1 is 1.20 bits per heavy atom. The number of imidazole rings is 1. The molecule has 0 bridgehead atoms. The Morgan fingerprint density at radius 3 is 2.70 bits per heavy atom. The first-order valence-electron chi connectivity index (χ1n) is 5.91. The third kappa shape index (κ3) is 1.74. The van der Waals surface area contributed by atoms with E-state index < -0.39 is 11.7 Å². The van der Waals surface area contributed by atoms with Gasteiger partial charge in [0.25, 0.3) is 0 Å². The zero-order valence-electron chi connectivity index (χ0n) is 10.3. The summed E-state index contributed by atoms with van der Waals surface area (Å²) in [5.74, 6) is -1.09. The summed E-state index contributed by atoms with van der Waals surface area (Å²) >= 11 is 0. The number of carbonyl (C=O) groups is 1. The van der Waals surface area contributed by atoms with Gasteiger partial charge in [0.05, 0.1) is 22.3 Å². The first kappa shape index (κ1) is 12.0. The van der Waals surface area contributed by atoms with Crippen molar-refractivity contribution in [2.45, 2.75) is 0 Å². The summed E-state index contributed by atoms with van der Waals surface area (Å²) in [5.41, 5.74) is 7.33. The lowest BCUT2D eigenvalue weighted by Gasteiger charge is -2.07. The second-order valence-corrected chi connectivity index (χ2v) is 4.36. The Labute approximate surface area is 113 Å². The van der Waals surface area contributed by atoms with Crippen molar-refractivity contribution in [3.8, 4) is 5.69 Å². The van der Waals surface area contributed by atoms with Gasteiger partial charge < -0.3 is 15.8 Å². The van der Waals surface area contributed by atoms with Gasteiger partial charge in [-0.2, -0.15) is 0 Å². The third-order valence-corrected chi connectivity index (χ3v) is 3.08. The van der Waals surface area contributed by atoms with Crippen LogP contribution in [-0.4, -0.2) is 20.6 Å². The molecule has 0 aliphatic heterocycles. The molecule has 0 aliphatic rings. The molecule has 0 unspecified atom stereocenters. The minimum atomic E-state index is -1.09. The number of nitrogens with one attached hydrogen (secondary N) is 1. The van der Waals surface area contributed by atoms with Crippen molar-refractivity contribution in [2.75, 3.05) is 5.73 Å². The molecule has 1 heterocycles. The molecule has 0 atom stereocenters. The van der Waals surface area contributed by atoms with Crippen molar-refractivity contribution in [1.29, 1.82) is 0 Å². The average molecular weight is 269 g/mol. The SMILES string of the molecule is Nc1ccc2[nH]c(=O)n(-c3ccccc3C(=O)O)c2c1. The van der Waals surface area contributed by atoms with E-state index in [0.717, 1.165) is 0 Å². The van der Waals surface area contributed by atoms with Gasteiger partial charge in [0.2, 0.25) is 0 Å². The maximum atomic E-state index is 12.1. The van der Waals surface area contributed by atoms with E-state index in [1.165, 1.54) is 10.6 Å². The number of anilines is 1. The first-order chi connectivity index (χ1) is 9.58. The summed E-state index contributed by atoms with van der Waals surface area (Å²) in [6.07, 6.45) is 0. The number of nitrogens with two attached hydrogens (primary N) is 1. The highest BCUT2D eigenvalue weighted by Gasteiger charge is 2.15. The van der Waals surface area contributed by atoms with Gasteiger partial charge in [-0.1, -0.05) is 12.1 Å². The minimum Gasteiger partial charge on any atom is -0.478 e. The van der Waals surface area contributed by atoms with Crippen LogP contribution in [0.2, 0.25) is 0 Å². The second-order valence-electron chi connectivity index (χ2n) is 4.36. The zero-order valence-corrected chi connectivity index (χ0v) is 10.3. The lowest BCUT2D eigenvalue weighted by atomic mass is 10.1. The molecule has 0 saturated heterocycles. The molecule has 6 heteroatoms. The molecule has 0 aliphatic carbocycles.